The van der Waals surface area contributed by atoms with Crippen LogP contribution in [0.1, 0.15) is 12.8 Å². The number of nitrogens with one attached hydrogen (secondary N) is 2. The summed E-state index contributed by atoms with van der Waals surface area (Å²) < 4.78 is 5.49. The van der Waals surface area contributed by atoms with Crippen molar-refractivity contribution in [2.75, 3.05) is 38.6 Å². The third-order valence-corrected chi connectivity index (χ3v) is 4.49. The number of rotatable bonds is 5. The molecule has 0 saturated carbocycles. The summed E-state index contributed by atoms with van der Waals surface area (Å²) in [5, 5.41) is 6.18. The lowest BCUT2D eigenvalue weighted by Gasteiger charge is -2.45. The number of carbonyl (C=O) groups is 1. The van der Waals surface area contributed by atoms with Crippen LogP contribution in [-0.4, -0.2) is 50.1 Å². The molecule has 3 fully saturated rings. The molecule has 2 N–H and O–H groups in total. The largest absolute Gasteiger partial charge is 0.484 e. The zero-order valence-corrected chi connectivity index (χ0v) is 12.5. The maximum absolute atomic E-state index is 11.2. The summed E-state index contributed by atoms with van der Waals surface area (Å²) in [6.45, 7) is 3.68. The topological polar surface area (TPSA) is 53.6 Å². The van der Waals surface area contributed by atoms with Crippen LogP contribution in [0.2, 0.25) is 0 Å². The van der Waals surface area contributed by atoms with Gasteiger partial charge in [-0.2, -0.15) is 0 Å². The second-order valence-corrected chi connectivity index (χ2v) is 5.88. The number of anilines is 1. The molecule has 1 unspecified atom stereocenters. The maximum Gasteiger partial charge on any atom is 0.257 e. The predicted molar refractivity (Wildman–Crippen MR) is 82.6 cm³/mol. The van der Waals surface area contributed by atoms with Gasteiger partial charge in [-0.25, -0.2) is 0 Å². The third kappa shape index (κ3) is 3.47. The predicted octanol–water partition coefficient (Wildman–Crippen LogP) is 1.32. The number of hydrogen-bond acceptors (Lipinski definition) is 4. The van der Waals surface area contributed by atoms with Crippen LogP contribution in [0.25, 0.3) is 0 Å². The Bertz CT molecular complexity index is 498. The zero-order chi connectivity index (χ0) is 14.7. The van der Waals surface area contributed by atoms with Crippen LogP contribution in [0.3, 0.4) is 0 Å². The van der Waals surface area contributed by atoms with E-state index < -0.39 is 0 Å². The van der Waals surface area contributed by atoms with Crippen molar-refractivity contribution in [1.29, 1.82) is 0 Å². The van der Waals surface area contributed by atoms with Crippen LogP contribution >= 0.6 is 0 Å². The number of amides is 1. The molecule has 1 amide bonds. The van der Waals surface area contributed by atoms with Gasteiger partial charge < -0.3 is 20.3 Å². The number of piperidine rings is 3. The fraction of sp³-hybridized carbons (Fsp3) is 0.562. The fourth-order valence-corrected chi connectivity index (χ4v) is 3.24. The molecule has 21 heavy (non-hydrogen) atoms. The first-order valence-corrected chi connectivity index (χ1v) is 7.67. The third-order valence-electron chi connectivity index (χ3n) is 4.49. The summed E-state index contributed by atoms with van der Waals surface area (Å²) in [5.74, 6) is 1.39. The number of hydrogen-bond donors (Lipinski definition) is 2. The lowest BCUT2D eigenvalue weighted by Crippen LogP contribution is -2.53. The molecule has 3 aliphatic rings. The van der Waals surface area contributed by atoms with Crippen molar-refractivity contribution >= 4 is 11.6 Å². The first-order chi connectivity index (χ1) is 10.2. The molecule has 5 heteroatoms. The minimum Gasteiger partial charge on any atom is -0.484 e. The zero-order valence-electron chi connectivity index (χ0n) is 12.5. The van der Waals surface area contributed by atoms with Gasteiger partial charge in [0.2, 0.25) is 0 Å². The standard InChI is InChI=1S/C16H23N3O2/c1-17-16(20)11-21-14-4-2-3-13(9-14)18-15-10-19-7-5-12(15)6-8-19/h2-4,9,12,15,18H,5-8,10-11H2,1H3,(H,17,20). The monoisotopic (exact) mass is 289 g/mol. The van der Waals surface area contributed by atoms with E-state index in [1.807, 2.05) is 18.2 Å². The molecule has 1 atom stereocenters. The molecule has 3 heterocycles. The van der Waals surface area contributed by atoms with Crippen LogP contribution in [-0.2, 0) is 4.79 Å². The van der Waals surface area contributed by atoms with Crippen LogP contribution in [0, 0.1) is 5.92 Å². The SMILES string of the molecule is CNC(=O)COc1cccc(NC2CN3CCC2CC3)c1. The van der Waals surface area contributed by atoms with E-state index in [9.17, 15) is 4.79 Å². The highest BCUT2D eigenvalue weighted by Gasteiger charge is 2.33. The minimum atomic E-state index is -0.120. The van der Waals surface area contributed by atoms with Crippen molar-refractivity contribution in [3.63, 3.8) is 0 Å². The first kappa shape index (κ1) is 14.2. The number of carbonyl (C=O) groups excluding carboxylic acids is 1. The van der Waals surface area contributed by atoms with Gasteiger partial charge >= 0.3 is 0 Å². The van der Waals surface area contributed by atoms with Crippen molar-refractivity contribution in [1.82, 2.24) is 10.2 Å². The quantitative estimate of drug-likeness (QED) is 0.858. The molecule has 4 rings (SSSR count). The van der Waals surface area contributed by atoms with Crippen molar-refractivity contribution in [3.05, 3.63) is 24.3 Å². The van der Waals surface area contributed by atoms with Gasteiger partial charge in [-0.1, -0.05) is 6.07 Å². The molecule has 5 nitrogen and oxygen atoms in total. The van der Waals surface area contributed by atoms with E-state index in [4.69, 9.17) is 4.74 Å². The van der Waals surface area contributed by atoms with Crippen LogP contribution in [0.4, 0.5) is 5.69 Å². The highest BCUT2D eigenvalue weighted by atomic mass is 16.5. The minimum absolute atomic E-state index is 0.0553. The average Bonchev–Trinajstić information content (AvgIpc) is 2.54. The second-order valence-electron chi connectivity index (χ2n) is 5.88. The average molecular weight is 289 g/mol. The number of ether oxygens (including phenoxy) is 1. The van der Waals surface area contributed by atoms with E-state index in [0.29, 0.717) is 6.04 Å². The summed E-state index contributed by atoms with van der Waals surface area (Å²) in [5.41, 5.74) is 1.07. The normalized spacial score (nSPS) is 27.2. The lowest BCUT2D eigenvalue weighted by atomic mass is 9.84. The van der Waals surface area contributed by atoms with E-state index in [1.165, 1.54) is 25.9 Å². The van der Waals surface area contributed by atoms with E-state index >= 15 is 0 Å². The molecular weight excluding hydrogens is 266 g/mol. The van der Waals surface area contributed by atoms with Gasteiger partial charge in [0.05, 0.1) is 0 Å². The molecule has 0 aliphatic carbocycles. The van der Waals surface area contributed by atoms with Gasteiger partial charge in [0.1, 0.15) is 5.75 Å². The summed E-state index contributed by atoms with van der Waals surface area (Å²) in [4.78, 5) is 13.7. The van der Waals surface area contributed by atoms with E-state index in [0.717, 1.165) is 23.9 Å². The lowest BCUT2D eigenvalue weighted by molar-refractivity contribution is -0.122. The van der Waals surface area contributed by atoms with Crippen molar-refractivity contribution in [3.8, 4) is 5.75 Å². The summed E-state index contributed by atoms with van der Waals surface area (Å²) in [6.07, 6.45) is 2.59. The van der Waals surface area contributed by atoms with Gasteiger partial charge in [-0.3, -0.25) is 4.79 Å². The molecule has 0 aromatic heterocycles. The first-order valence-electron chi connectivity index (χ1n) is 7.67. The summed E-state index contributed by atoms with van der Waals surface area (Å²) in [7, 11) is 1.61. The Balaban J connectivity index is 1.59. The van der Waals surface area contributed by atoms with Crippen LogP contribution in [0.5, 0.6) is 5.75 Å². The molecule has 3 aliphatic heterocycles. The van der Waals surface area contributed by atoms with E-state index in [2.05, 4.69) is 21.6 Å². The Kier molecular flexibility index (Phi) is 4.29. The molecule has 1 aromatic carbocycles. The molecule has 2 bridgehead atoms. The van der Waals surface area contributed by atoms with Gasteiger partial charge in [0, 0.05) is 31.4 Å². The second kappa shape index (κ2) is 6.35. The van der Waals surface area contributed by atoms with Crippen LogP contribution in [0.15, 0.2) is 24.3 Å². The fourth-order valence-electron chi connectivity index (χ4n) is 3.24. The smallest absolute Gasteiger partial charge is 0.257 e. The Labute approximate surface area is 125 Å². The maximum atomic E-state index is 11.2. The Morgan fingerprint density at radius 1 is 1.38 bits per heavy atom. The highest BCUT2D eigenvalue weighted by molar-refractivity contribution is 5.77. The molecule has 114 valence electrons. The van der Waals surface area contributed by atoms with Crippen molar-refractivity contribution in [2.45, 2.75) is 18.9 Å². The Hall–Kier alpha value is -1.75. The highest BCUT2D eigenvalue weighted by Crippen LogP contribution is 2.30. The number of benzene rings is 1. The molecule has 0 spiro atoms. The molecule has 0 radical (unpaired) electrons. The molecular formula is C16H23N3O2. The van der Waals surface area contributed by atoms with Gasteiger partial charge in [0.25, 0.3) is 5.91 Å². The Morgan fingerprint density at radius 3 is 2.86 bits per heavy atom. The van der Waals surface area contributed by atoms with Crippen molar-refractivity contribution in [2.24, 2.45) is 5.92 Å². The molecule has 1 aromatic rings. The number of nitrogens with zero attached hydrogens (tertiary/aromatic N) is 1. The Morgan fingerprint density at radius 2 is 2.19 bits per heavy atom. The number of fused-ring (bicyclic) bond motifs is 3. The van der Waals surface area contributed by atoms with Gasteiger partial charge in [-0.15, -0.1) is 0 Å². The summed E-state index contributed by atoms with van der Waals surface area (Å²) in [6, 6.07) is 8.40. The summed E-state index contributed by atoms with van der Waals surface area (Å²) >= 11 is 0. The van der Waals surface area contributed by atoms with Gasteiger partial charge in [-0.05, 0) is 44.0 Å². The van der Waals surface area contributed by atoms with E-state index in [1.54, 1.807) is 7.05 Å². The van der Waals surface area contributed by atoms with Gasteiger partial charge in [0.15, 0.2) is 6.61 Å². The van der Waals surface area contributed by atoms with Crippen LogP contribution < -0.4 is 15.4 Å². The van der Waals surface area contributed by atoms with Crippen molar-refractivity contribution < 1.29 is 9.53 Å². The number of likely N-dealkylation sites (N-methyl/N-ethyl adjacent to an activating group) is 1. The molecule has 3 saturated heterocycles. The van der Waals surface area contributed by atoms with E-state index in [-0.39, 0.29) is 12.5 Å².